The van der Waals surface area contributed by atoms with Crippen LogP contribution in [0.4, 0.5) is 10.8 Å². The highest BCUT2D eigenvalue weighted by Gasteiger charge is 2.32. The van der Waals surface area contributed by atoms with E-state index in [4.69, 9.17) is 4.74 Å². The first-order valence-corrected chi connectivity index (χ1v) is 10.2. The number of H-pyrrole nitrogens is 1. The average molecular weight is 428 g/mol. The molecule has 4 rings (SSSR count). The van der Waals surface area contributed by atoms with Gasteiger partial charge in [0.05, 0.1) is 11.9 Å². The van der Waals surface area contributed by atoms with Gasteiger partial charge >= 0.3 is 5.97 Å². The molecule has 0 unspecified atom stereocenters. The number of imidazole rings is 1. The molecule has 1 atom stereocenters. The molecule has 1 saturated carbocycles. The molecule has 156 valence electrons. The first-order valence-electron chi connectivity index (χ1n) is 9.42. The molecule has 10 nitrogen and oxygen atoms in total. The number of aromatic amines is 1. The number of aryl methyl sites for hydroxylation is 1. The fraction of sp³-hybridized carbons (Fsp3) is 0.368. The Morgan fingerprint density at radius 1 is 1.20 bits per heavy atom. The Morgan fingerprint density at radius 3 is 2.70 bits per heavy atom. The largest absolute Gasteiger partial charge is 0.449 e. The van der Waals surface area contributed by atoms with Gasteiger partial charge in [0.25, 0.3) is 5.91 Å². The fourth-order valence-electron chi connectivity index (χ4n) is 2.87. The van der Waals surface area contributed by atoms with E-state index < -0.39 is 18.0 Å². The number of thiophene rings is 1. The summed E-state index contributed by atoms with van der Waals surface area (Å²) in [7, 11) is 0. The standard InChI is InChI=1S/C19H20N6O4S/c1-8-10(3)30-18(25-17(27)11-4-5-11)12(8)19(28)29-9(2)16(26)24-15-13-14(21-6-20-13)22-7-23-15/h6-7,9,11H,4-5H2,1-3H3,(H,25,27)(H2,20,21,22,23,24,26)/t9-/m0/s1. The van der Waals surface area contributed by atoms with Crippen LogP contribution in [0.3, 0.4) is 0 Å². The number of anilines is 2. The van der Waals surface area contributed by atoms with Crippen molar-refractivity contribution in [3.63, 3.8) is 0 Å². The van der Waals surface area contributed by atoms with Gasteiger partial charge in [-0.05, 0) is 39.2 Å². The SMILES string of the molecule is Cc1sc(NC(=O)C2CC2)c(C(=O)O[C@@H](C)C(=O)Nc2ncnc3nc[nH]c23)c1C. The van der Waals surface area contributed by atoms with Gasteiger partial charge < -0.3 is 20.4 Å². The smallest absolute Gasteiger partial charge is 0.342 e. The predicted molar refractivity (Wildman–Crippen MR) is 110 cm³/mol. The quantitative estimate of drug-likeness (QED) is 0.513. The second-order valence-corrected chi connectivity index (χ2v) is 8.34. The molecule has 1 fully saturated rings. The molecule has 11 heteroatoms. The summed E-state index contributed by atoms with van der Waals surface area (Å²) in [6, 6.07) is 0. The molecule has 0 radical (unpaired) electrons. The molecule has 0 spiro atoms. The van der Waals surface area contributed by atoms with Crippen molar-refractivity contribution in [3.8, 4) is 0 Å². The van der Waals surface area contributed by atoms with Crippen molar-refractivity contribution in [2.24, 2.45) is 5.92 Å². The normalized spacial score (nSPS) is 14.4. The van der Waals surface area contributed by atoms with Crippen LogP contribution in [0.2, 0.25) is 0 Å². The summed E-state index contributed by atoms with van der Waals surface area (Å²) in [5, 5.41) is 5.89. The molecule has 30 heavy (non-hydrogen) atoms. The second kappa shape index (κ2) is 7.82. The number of hydrogen-bond acceptors (Lipinski definition) is 8. The highest BCUT2D eigenvalue weighted by molar-refractivity contribution is 7.16. The van der Waals surface area contributed by atoms with Crippen LogP contribution in [0.25, 0.3) is 11.2 Å². The molecular formula is C19H20N6O4S. The van der Waals surface area contributed by atoms with Gasteiger partial charge in [-0.25, -0.2) is 19.7 Å². The maximum atomic E-state index is 12.8. The summed E-state index contributed by atoms with van der Waals surface area (Å²) in [5.74, 6) is -1.06. The van der Waals surface area contributed by atoms with Crippen LogP contribution >= 0.6 is 11.3 Å². The van der Waals surface area contributed by atoms with Crippen molar-refractivity contribution in [3.05, 3.63) is 28.7 Å². The Hall–Kier alpha value is -3.34. The zero-order chi connectivity index (χ0) is 21.4. The number of rotatable bonds is 6. The van der Waals surface area contributed by atoms with Crippen LogP contribution < -0.4 is 10.6 Å². The molecule has 3 aromatic rings. The zero-order valence-corrected chi connectivity index (χ0v) is 17.4. The lowest BCUT2D eigenvalue weighted by Gasteiger charge is -2.14. The summed E-state index contributed by atoms with van der Waals surface area (Å²) in [6.07, 6.45) is 3.36. The number of carbonyl (C=O) groups excluding carboxylic acids is 3. The van der Waals surface area contributed by atoms with E-state index in [9.17, 15) is 14.4 Å². The van der Waals surface area contributed by atoms with E-state index in [1.165, 1.54) is 30.9 Å². The Labute approximate surface area is 175 Å². The number of aromatic nitrogens is 4. The molecule has 2 amide bonds. The maximum absolute atomic E-state index is 12.8. The van der Waals surface area contributed by atoms with Crippen molar-refractivity contribution in [1.82, 2.24) is 19.9 Å². The van der Waals surface area contributed by atoms with Gasteiger partial charge in [0.1, 0.15) is 16.8 Å². The molecule has 0 bridgehead atoms. The van der Waals surface area contributed by atoms with Gasteiger partial charge in [0.15, 0.2) is 17.6 Å². The van der Waals surface area contributed by atoms with E-state index >= 15 is 0 Å². The minimum Gasteiger partial charge on any atom is -0.449 e. The average Bonchev–Trinajstić information content (AvgIpc) is 3.38. The van der Waals surface area contributed by atoms with Crippen molar-refractivity contribution in [2.45, 2.75) is 39.7 Å². The van der Waals surface area contributed by atoms with Gasteiger partial charge in [-0.3, -0.25) is 9.59 Å². The van der Waals surface area contributed by atoms with Gasteiger partial charge in [-0.1, -0.05) is 0 Å². The lowest BCUT2D eigenvalue weighted by molar-refractivity contribution is -0.123. The van der Waals surface area contributed by atoms with Crippen molar-refractivity contribution >= 4 is 51.1 Å². The number of fused-ring (bicyclic) bond motifs is 1. The monoisotopic (exact) mass is 428 g/mol. The Kier molecular flexibility index (Phi) is 5.20. The van der Waals surface area contributed by atoms with Crippen LogP contribution in [0, 0.1) is 19.8 Å². The van der Waals surface area contributed by atoms with Crippen molar-refractivity contribution < 1.29 is 19.1 Å². The Balaban J connectivity index is 1.47. The molecule has 0 saturated heterocycles. The van der Waals surface area contributed by atoms with Gasteiger partial charge in [0, 0.05) is 10.8 Å². The number of nitrogens with zero attached hydrogens (tertiary/aromatic N) is 3. The summed E-state index contributed by atoms with van der Waals surface area (Å²) in [6.45, 7) is 5.12. The third kappa shape index (κ3) is 3.88. The van der Waals surface area contributed by atoms with Crippen molar-refractivity contribution in [1.29, 1.82) is 0 Å². The van der Waals surface area contributed by atoms with E-state index in [0.29, 0.717) is 16.2 Å². The maximum Gasteiger partial charge on any atom is 0.342 e. The number of carbonyl (C=O) groups is 3. The highest BCUT2D eigenvalue weighted by atomic mass is 32.1. The number of esters is 1. The molecule has 1 aliphatic carbocycles. The molecule has 3 aromatic heterocycles. The van der Waals surface area contributed by atoms with E-state index in [-0.39, 0.29) is 23.2 Å². The predicted octanol–water partition coefficient (Wildman–Crippen LogP) is 2.56. The van der Waals surface area contributed by atoms with Crippen molar-refractivity contribution in [2.75, 3.05) is 10.6 Å². The third-order valence-electron chi connectivity index (χ3n) is 4.89. The molecular weight excluding hydrogens is 408 g/mol. The molecule has 0 aromatic carbocycles. The van der Waals surface area contributed by atoms with Crippen LogP contribution in [-0.2, 0) is 14.3 Å². The molecule has 3 heterocycles. The molecule has 1 aliphatic rings. The number of amides is 2. The van der Waals surface area contributed by atoms with Crippen LogP contribution in [0.5, 0.6) is 0 Å². The Bertz CT molecular complexity index is 1150. The molecule has 0 aliphatic heterocycles. The second-order valence-electron chi connectivity index (χ2n) is 7.11. The first kappa shape index (κ1) is 20.0. The highest BCUT2D eigenvalue weighted by Crippen LogP contribution is 2.36. The summed E-state index contributed by atoms with van der Waals surface area (Å²) in [5.41, 5.74) is 1.88. The summed E-state index contributed by atoms with van der Waals surface area (Å²) >= 11 is 1.32. The molecule has 3 N–H and O–H groups in total. The fourth-order valence-corrected chi connectivity index (χ4v) is 3.92. The minimum atomic E-state index is -1.09. The van der Waals surface area contributed by atoms with E-state index in [2.05, 4.69) is 30.6 Å². The summed E-state index contributed by atoms with van der Waals surface area (Å²) in [4.78, 5) is 53.3. The minimum absolute atomic E-state index is 0.00784. The number of nitrogens with one attached hydrogen (secondary N) is 3. The summed E-state index contributed by atoms with van der Waals surface area (Å²) < 4.78 is 5.39. The van der Waals surface area contributed by atoms with Crippen LogP contribution in [0.1, 0.15) is 40.6 Å². The van der Waals surface area contributed by atoms with Crippen LogP contribution in [-0.4, -0.2) is 43.8 Å². The van der Waals surface area contributed by atoms with Gasteiger partial charge in [-0.15, -0.1) is 11.3 Å². The third-order valence-corrected chi connectivity index (χ3v) is 6.01. The number of ether oxygens (including phenoxy) is 1. The lowest BCUT2D eigenvalue weighted by atomic mass is 10.1. The van der Waals surface area contributed by atoms with E-state index in [0.717, 1.165) is 23.3 Å². The first-order chi connectivity index (χ1) is 14.3. The number of hydrogen-bond donors (Lipinski definition) is 3. The Morgan fingerprint density at radius 2 is 1.97 bits per heavy atom. The van der Waals surface area contributed by atoms with Gasteiger partial charge in [-0.2, -0.15) is 0 Å². The van der Waals surface area contributed by atoms with E-state index in [1.54, 1.807) is 6.92 Å². The topological polar surface area (TPSA) is 139 Å². The van der Waals surface area contributed by atoms with Crippen LogP contribution in [0.15, 0.2) is 12.7 Å². The van der Waals surface area contributed by atoms with E-state index in [1.807, 2.05) is 6.92 Å². The van der Waals surface area contributed by atoms with Gasteiger partial charge in [0.2, 0.25) is 5.91 Å². The lowest BCUT2D eigenvalue weighted by Crippen LogP contribution is -2.30. The zero-order valence-electron chi connectivity index (χ0n) is 16.6.